The third-order valence-corrected chi connectivity index (χ3v) is 16.8. The molecular formula is C74H72ClF3N24O4. The van der Waals surface area contributed by atoms with Crippen LogP contribution in [0.4, 0.5) is 88.3 Å². The topological polar surface area (TPSA) is 301 Å². The van der Waals surface area contributed by atoms with E-state index < -0.39 is 17.5 Å². The van der Waals surface area contributed by atoms with Crippen LogP contribution in [0.3, 0.4) is 0 Å². The standard InChI is InChI=1S/C25H22ClFN8O.C25H23FN8O.C24H27FN8O2/c26-22-12-18(5-6-21(22)17-2-1-7-28-13-17)32-20-4-3-19(29-14-20)15-31-34-25-30-16-23(27)24(33-25)35-8-10-36-11-9-35;26-23-17-29-25(32-24(23)34-10-12-35-13-11-34)33-30-16-21-7-8-22(15-28-21)31-20-5-3-18(4-6-20)19-2-1-9-27-14-19;25-22-17-27-24(30-23(22)33-9-13-35-14-10-33)31-28-16-19-1-2-20(15-26-19)29-18-3-5-21(6-4-18)32-7-11-34-12-8-32/h1-7,12-16,32H,8-11H2,(H,30,33,34);1-9,14-17,31H,10-13H2,(H,29,32,33);1-6,15-17,29H,7-14H2,(H,27,30,31)/b31-15+;30-16+;28-16+. The third kappa shape index (κ3) is 20.5. The molecule has 28 nitrogen and oxygen atoms in total. The number of anilines is 13. The van der Waals surface area contributed by atoms with E-state index in [1.54, 1.807) is 49.6 Å². The predicted molar refractivity (Wildman–Crippen MR) is 405 cm³/mol. The Kier molecular flexibility index (Phi) is 24.9. The molecule has 0 saturated carbocycles. The first kappa shape index (κ1) is 72.0. The minimum Gasteiger partial charge on any atom is -0.378 e. The molecule has 15 rings (SSSR count). The van der Waals surface area contributed by atoms with Crippen LogP contribution in [0.1, 0.15) is 17.1 Å². The second kappa shape index (κ2) is 36.6. The van der Waals surface area contributed by atoms with Crippen molar-refractivity contribution in [3.05, 3.63) is 229 Å². The molecule has 4 aliphatic rings. The number of aromatic nitrogens is 11. The first-order valence-corrected chi connectivity index (χ1v) is 34.3. The Morgan fingerprint density at radius 1 is 0.358 bits per heavy atom. The van der Waals surface area contributed by atoms with E-state index in [4.69, 9.17) is 30.5 Å². The average Bonchev–Trinajstić information content (AvgIpc) is 0.849. The minimum absolute atomic E-state index is 0.194. The first-order chi connectivity index (χ1) is 52.1. The molecule has 4 aliphatic heterocycles. The van der Waals surface area contributed by atoms with Crippen LogP contribution in [0.25, 0.3) is 22.3 Å². The van der Waals surface area contributed by atoms with Crippen molar-refractivity contribution in [3.8, 4) is 22.3 Å². The number of rotatable bonds is 21. The zero-order valence-electron chi connectivity index (χ0n) is 57.1. The van der Waals surface area contributed by atoms with Gasteiger partial charge in [-0.2, -0.15) is 30.3 Å². The highest BCUT2D eigenvalue weighted by molar-refractivity contribution is 6.33. The summed E-state index contributed by atoms with van der Waals surface area (Å²) >= 11 is 6.48. The molecule has 6 N–H and O–H groups in total. The lowest BCUT2D eigenvalue weighted by Crippen LogP contribution is -2.37. The molecule has 0 atom stereocenters. The summed E-state index contributed by atoms with van der Waals surface area (Å²) in [5.41, 5.74) is 20.6. The summed E-state index contributed by atoms with van der Waals surface area (Å²) in [7, 11) is 0. The second-order valence-electron chi connectivity index (χ2n) is 23.7. The SMILES string of the molecule is Fc1cnc(N/N=C/c2ccc(Nc3ccc(-c4cccnc4)c(Cl)c3)cn2)nc1N1CCOCC1.Fc1cnc(N/N=C/c2ccc(Nc3ccc(-c4cccnc4)cc3)cn2)nc1N1CCOCC1.Fc1cnc(N/N=C/c2ccc(Nc3ccc(N4CCOCC4)cc3)cn2)nc1N1CCOCC1. The fourth-order valence-corrected chi connectivity index (χ4v) is 11.4. The smallest absolute Gasteiger partial charge is 0.245 e. The van der Waals surface area contributed by atoms with Crippen LogP contribution >= 0.6 is 11.6 Å². The highest BCUT2D eigenvalue weighted by atomic mass is 35.5. The Hall–Kier alpha value is -12.4. The van der Waals surface area contributed by atoms with Gasteiger partial charge in [0.1, 0.15) is 0 Å². The summed E-state index contributed by atoms with van der Waals surface area (Å²) in [6.45, 7) is 10.1. The Morgan fingerprint density at radius 3 is 1.08 bits per heavy atom. The van der Waals surface area contributed by atoms with E-state index in [0.29, 0.717) is 101 Å². The zero-order valence-corrected chi connectivity index (χ0v) is 57.9. The van der Waals surface area contributed by atoms with Gasteiger partial charge < -0.3 is 54.5 Å². The lowest BCUT2D eigenvalue weighted by atomic mass is 10.1. The van der Waals surface area contributed by atoms with Crippen LogP contribution in [0.5, 0.6) is 0 Å². The molecule has 11 aromatic rings. The number of hydrogen-bond donors (Lipinski definition) is 6. The normalized spacial score (nSPS) is 14.6. The van der Waals surface area contributed by atoms with E-state index in [0.717, 1.165) is 101 Å². The highest BCUT2D eigenvalue weighted by Gasteiger charge is 2.21. The van der Waals surface area contributed by atoms with Gasteiger partial charge in [0, 0.05) is 111 Å². The number of ether oxygens (including phenoxy) is 4. The van der Waals surface area contributed by atoms with Crippen molar-refractivity contribution < 1.29 is 32.1 Å². The summed E-state index contributed by atoms with van der Waals surface area (Å²) in [5.74, 6) is -0.105. The van der Waals surface area contributed by atoms with E-state index in [2.05, 4.69) is 132 Å². The fraction of sp³-hybridized carbons (Fsp3) is 0.216. The van der Waals surface area contributed by atoms with Crippen LogP contribution in [0.2, 0.25) is 5.02 Å². The summed E-state index contributed by atoms with van der Waals surface area (Å²) < 4.78 is 63.8. The van der Waals surface area contributed by atoms with E-state index in [1.165, 1.54) is 11.9 Å². The van der Waals surface area contributed by atoms with Gasteiger partial charge in [0.05, 0.1) is 148 Å². The van der Waals surface area contributed by atoms with Crippen molar-refractivity contribution in [1.82, 2.24) is 54.8 Å². The van der Waals surface area contributed by atoms with Crippen molar-refractivity contribution in [2.45, 2.75) is 0 Å². The predicted octanol–water partition coefficient (Wildman–Crippen LogP) is 11.7. The zero-order chi connectivity index (χ0) is 72.5. The van der Waals surface area contributed by atoms with Crippen LogP contribution < -0.4 is 51.8 Å². The van der Waals surface area contributed by atoms with Crippen molar-refractivity contribution in [1.29, 1.82) is 0 Å². The largest absolute Gasteiger partial charge is 0.378 e. The molecule has 540 valence electrons. The van der Waals surface area contributed by atoms with Gasteiger partial charge in [-0.1, -0.05) is 41.9 Å². The molecule has 8 aromatic heterocycles. The molecule has 12 heterocycles. The summed E-state index contributed by atoms with van der Waals surface area (Å²) in [5, 5.41) is 23.0. The Bertz CT molecular complexity index is 4700. The summed E-state index contributed by atoms with van der Waals surface area (Å²) in [4.78, 5) is 53.8. The van der Waals surface area contributed by atoms with Crippen molar-refractivity contribution in [2.75, 3.05) is 157 Å². The molecule has 0 radical (unpaired) electrons. The minimum atomic E-state index is -0.482. The number of hydrogen-bond acceptors (Lipinski definition) is 28. The third-order valence-electron chi connectivity index (χ3n) is 16.5. The number of morpholine rings is 4. The van der Waals surface area contributed by atoms with Gasteiger partial charge in [0.15, 0.2) is 34.9 Å². The molecule has 0 bridgehead atoms. The molecule has 0 unspecified atom stereocenters. The molecule has 0 aliphatic carbocycles. The molecule has 106 heavy (non-hydrogen) atoms. The Balaban J connectivity index is 0.000000141. The fourth-order valence-electron chi connectivity index (χ4n) is 11.1. The van der Waals surface area contributed by atoms with Crippen molar-refractivity contribution >= 4 is 105 Å². The number of nitrogens with zero attached hydrogens (tertiary/aromatic N) is 18. The second-order valence-corrected chi connectivity index (χ2v) is 24.1. The molecule has 3 aromatic carbocycles. The molecule has 32 heteroatoms. The van der Waals surface area contributed by atoms with E-state index in [-0.39, 0.29) is 35.3 Å². The number of nitrogens with one attached hydrogen (secondary N) is 6. The van der Waals surface area contributed by atoms with Gasteiger partial charge in [-0.05, 0) is 108 Å². The maximum Gasteiger partial charge on any atom is 0.245 e. The lowest BCUT2D eigenvalue weighted by Gasteiger charge is -2.28. The van der Waals surface area contributed by atoms with Crippen LogP contribution in [0.15, 0.2) is 205 Å². The van der Waals surface area contributed by atoms with Gasteiger partial charge in [0.2, 0.25) is 17.8 Å². The van der Waals surface area contributed by atoms with E-state index >= 15 is 0 Å². The van der Waals surface area contributed by atoms with Gasteiger partial charge >= 0.3 is 0 Å². The number of halogens is 4. The maximum atomic E-state index is 14.2. The molecular weight excluding hydrogens is 1380 g/mol. The van der Waals surface area contributed by atoms with E-state index in [9.17, 15) is 13.2 Å². The van der Waals surface area contributed by atoms with Gasteiger partial charge in [-0.15, -0.1) is 0 Å². The summed E-state index contributed by atoms with van der Waals surface area (Å²) in [6.07, 6.45) is 20.3. The Labute approximate surface area is 613 Å². The summed E-state index contributed by atoms with van der Waals surface area (Å²) in [6, 6.07) is 41.2. The Morgan fingerprint density at radius 2 is 0.717 bits per heavy atom. The number of benzene rings is 3. The van der Waals surface area contributed by atoms with Gasteiger partial charge in [0.25, 0.3) is 0 Å². The lowest BCUT2D eigenvalue weighted by molar-refractivity contribution is 0.122. The number of pyridine rings is 5. The molecule has 4 saturated heterocycles. The van der Waals surface area contributed by atoms with Crippen molar-refractivity contribution in [3.63, 3.8) is 0 Å². The first-order valence-electron chi connectivity index (χ1n) is 33.9. The van der Waals surface area contributed by atoms with E-state index in [1.807, 2.05) is 124 Å². The monoisotopic (exact) mass is 1450 g/mol. The maximum absolute atomic E-state index is 14.2. The molecule has 0 amide bonds. The van der Waals surface area contributed by atoms with Crippen LogP contribution in [-0.4, -0.2) is 179 Å². The number of hydrazone groups is 3. The van der Waals surface area contributed by atoms with Crippen LogP contribution in [0, 0.1) is 17.5 Å². The quantitative estimate of drug-likeness (QED) is 0.0288. The molecule has 0 spiro atoms. The highest BCUT2D eigenvalue weighted by Crippen LogP contribution is 2.32. The van der Waals surface area contributed by atoms with Crippen molar-refractivity contribution in [2.24, 2.45) is 15.3 Å². The van der Waals surface area contributed by atoms with Crippen LogP contribution in [-0.2, 0) is 18.9 Å². The molecule has 4 fully saturated rings. The van der Waals surface area contributed by atoms with Gasteiger partial charge in [-0.25, -0.2) is 44.4 Å². The van der Waals surface area contributed by atoms with Gasteiger partial charge in [-0.3, -0.25) is 24.9 Å². The average molecular weight is 1450 g/mol.